The fourth-order valence-corrected chi connectivity index (χ4v) is 3.60. The number of hydrogen-bond donors (Lipinski definition) is 2. The zero-order chi connectivity index (χ0) is 14.3. The van der Waals surface area contributed by atoms with Crippen molar-refractivity contribution >= 4 is 33.0 Å². The van der Waals surface area contributed by atoms with Crippen molar-refractivity contribution in [1.82, 2.24) is 4.90 Å². The molecule has 1 fully saturated rings. The molecule has 1 aromatic carbocycles. The molecular formula is C14H15FN2O2S. The van der Waals surface area contributed by atoms with Gasteiger partial charge in [-0.3, -0.25) is 4.79 Å². The second-order valence-corrected chi connectivity index (χ2v) is 6.08. The lowest BCUT2D eigenvalue weighted by Crippen LogP contribution is -2.42. The number of amides is 1. The Balaban J connectivity index is 1.97. The Kier molecular flexibility index (Phi) is 3.35. The number of halogens is 1. The van der Waals surface area contributed by atoms with E-state index in [1.54, 1.807) is 11.0 Å². The van der Waals surface area contributed by atoms with E-state index in [1.807, 2.05) is 0 Å². The first-order chi connectivity index (χ1) is 9.56. The number of benzene rings is 1. The molecule has 1 unspecified atom stereocenters. The summed E-state index contributed by atoms with van der Waals surface area (Å²) in [6.07, 6.45) is 1.03. The zero-order valence-corrected chi connectivity index (χ0v) is 11.6. The number of hydrogen-bond acceptors (Lipinski definition) is 4. The minimum atomic E-state index is -0.472. The Morgan fingerprint density at radius 3 is 3.05 bits per heavy atom. The lowest BCUT2D eigenvalue weighted by molar-refractivity contribution is 0.0478. The van der Waals surface area contributed by atoms with E-state index in [4.69, 9.17) is 5.73 Å². The van der Waals surface area contributed by atoms with Gasteiger partial charge < -0.3 is 15.7 Å². The molecule has 0 spiro atoms. The van der Waals surface area contributed by atoms with Crippen LogP contribution in [0.4, 0.5) is 10.1 Å². The average Bonchev–Trinajstić information content (AvgIpc) is 2.75. The zero-order valence-electron chi connectivity index (χ0n) is 10.8. The van der Waals surface area contributed by atoms with Crippen LogP contribution in [0.15, 0.2) is 18.2 Å². The van der Waals surface area contributed by atoms with Crippen molar-refractivity contribution in [2.75, 3.05) is 18.8 Å². The molecule has 1 amide bonds. The molecule has 2 aromatic rings. The molecule has 20 heavy (non-hydrogen) atoms. The maximum absolute atomic E-state index is 13.3. The van der Waals surface area contributed by atoms with Crippen LogP contribution >= 0.6 is 11.3 Å². The highest BCUT2D eigenvalue weighted by Crippen LogP contribution is 2.35. The molecular weight excluding hydrogens is 279 g/mol. The number of anilines is 1. The van der Waals surface area contributed by atoms with E-state index >= 15 is 0 Å². The van der Waals surface area contributed by atoms with Crippen molar-refractivity contribution in [3.63, 3.8) is 0 Å². The molecule has 0 saturated carbocycles. The molecule has 3 rings (SSSR count). The molecule has 1 aliphatic heterocycles. The maximum atomic E-state index is 13.3. The van der Waals surface area contributed by atoms with Crippen molar-refractivity contribution in [1.29, 1.82) is 0 Å². The van der Waals surface area contributed by atoms with Gasteiger partial charge in [0.05, 0.1) is 11.8 Å². The number of rotatable bonds is 1. The third-order valence-electron chi connectivity index (χ3n) is 3.57. The predicted octanol–water partition coefficient (Wildman–Crippen LogP) is 2.22. The fraction of sp³-hybridized carbons (Fsp3) is 0.357. The Morgan fingerprint density at radius 2 is 2.30 bits per heavy atom. The number of thiophene rings is 1. The van der Waals surface area contributed by atoms with Crippen molar-refractivity contribution in [3.8, 4) is 0 Å². The number of nitrogen functional groups attached to an aromatic ring is 1. The van der Waals surface area contributed by atoms with Crippen LogP contribution in [-0.4, -0.2) is 35.1 Å². The van der Waals surface area contributed by atoms with Crippen molar-refractivity contribution in [3.05, 3.63) is 28.9 Å². The predicted molar refractivity (Wildman–Crippen MR) is 77.3 cm³/mol. The van der Waals surface area contributed by atoms with Crippen LogP contribution < -0.4 is 5.73 Å². The number of piperidine rings is 1. The number of nitrogens with zero attached hydrogens (tertiary/aromatic N) is 1. The van der Waals surface area contributed by atoms with Gasteiger partial charge in [0, 0.05) is 23.2 Å². The van der Waals surface area contributed by atoms with Gasteiger partial charge in [-0.2, -0.15) is 0 Å². The number of nitrogens with two attached hydrogens (primary N) is 1. The van der Waals surface area contributed by atoms with Crippen molar-refractivity contribution in [2.24, 2.45) is 0 Å². The third kappa shape index (κ3) is 2.25. The standard InChI is InChI=1S/C14H15FN2O2S/c15-8-3-4-11-10(6-8)12(16)13(20-11)14(19)17-5-1-2-9(18)7-17/h3-4,6,9,18H,1-2,5,7,16H2. The molecule has 1 atom stereocenters. The van der Waals surface area contributed by atoms with Gasteiger partial charge in [-0.15, -0.1) is 11.3 Å². The highest BCUT2D eigenvalue weighted by molar-refractivity contribution is 7.21. The van der Waals surface area contributed by atoms with Crippen molar-refractivity contribution < 1.29 is 14.3 Å². The van der Waals surface area contributed by atoms with E-state index in [9.17, 15) is 14.3 Å². The van der Waals surface area contributed by atoms with E-state index < -0.39 is 6.10 Å². The van der Waals surface area contributed by atoms with Gasteiger partial charge in [0.2, 0.25) is 0 Å². The SMILES string of the molecule is Nc1c(C(=O)N2CCCC(O)C2)sc2ccc(F)cc12. The highest BCUT2D eigenvalue weighted by Gasteiger charge is 2.26. The number of likely N-dealkylation sites (tertiary alicyclic amines) is 1. The molecule has 0 bridgehead atoms. The summed E-state index contributed by atoms with van der Waals surface area (Å²) in [4.78, 5) is 14.5. The molecule has 2 heterocycles. The second kappa shape index (κ2) is 5.03. The van der Waals surface area contributed by atoms with Crippen LogP contribution in [0.5, 0.6) is 0 Å². The summed E-state index contributed by atoms with van der Waals surface area (Å²) in [6.45, 7) is 0.957. The first-order valence-corrected chi connectivity index (χ1v) is 7.33. The second-order valence-electron chi connectivity index (χ2n) is 5.03. The summed E-state index contributed by atoms with van der Waals surface area (Å²) in [7, 11) is 0. The summed E-state index contributed by atoms with van der Waals surface area (Å²) in [5.41, 5.74) is 6.31. The largest absolute Gasteiger partial charge is 0.397 e. The summed E-state index contributed by atoms with van der Waals surface area (Å²) in [5, 5.41) is 10.2. The number of β-amino-alcohol motifs (C(OH)–C–C–N with tert-alkyl or cyclic N) is 1. The van der Waals surface area contributed by atoms with Crippen LogP contribution in [0.1, 0.15) is 22.5 Å². The minimum absolute atomic E-state index is 0.178. The molecule has 4 nitrogen and oxygen atoms in total. The Bertz CT molecular complexity index is 670. The lowest BCUT2D eigenvalue weighted by Gasteiger charge is -2.29. The minimum Gasteiger partial charge on any atom is -0.397 e. The third-order valence-corrected chi connectivity index (χ3v) is 4.74. The maximum Gasteiger partial charge on any atom is 0.266 e. The smallest absolute Gasteiger partial charge is 0.266 e. The van der Waals surface area contributed by atoms with Gasteiger partial charge in [0.1, 0.15) is 10.7 Å². The van der Waals surface area contributed by atoms with Gasteiger partial charge in [0.25, 0.3) is 5.91 Å². The summed E-state index contributed by atoms with van der Waals surface area (Å²) < 4.78 is 14.0. The summed E-state index contributed by atoms with van der Waals surface area (Å²) >= 11 is 1.27. The fourth-order valence-electron chi connectivity index (χ4n) is 2.53. The first-order valence-electron chi connectivity index (χ1n) is 6.51. The van der Waals surface area contributed by atoms with Crippen LogP contribution in [0, 0.1) is 5.82 Å². The Morgan fingerprint density at radius 1 is 1.50 bits per heavy atom. The quantitative estimate of drug-likeness (QED) is 0.847. The molecule has 106 valence electrons. The van der Waals surface area contributed by atoms with Gasteiger partial charge in [-0.05, 0) is 31.0 Å². The van der Waals surface area contributed by atoms with Gasteiger partial charge in [-0.1, -0.05) is 0 Å². The topological polar surface area (TPSA) is 66.6 Å². The molecule has 6 heteroatoms. The highest BCUT2D eigenvalue weighted by atomic mass is 32.1. The molecule has 3 N–H and O–H groups in total. The lowest BCUT2D eigenvalue weighted by atomic mass is 10.1. The summed E-state index contributed by atoms with van der Waals surface area (Å²) in [5.74, 6) is -0.544. The number of aliphatic hydroxyl groups is 1. The first kappa shape index (κ1) is 13.3. The van der Waals surface area contributed by atoms with Gasteiger partial charge >= 0.3 is 0 Å². The van der Waals surface area contributed by atoms with E-state index in [0.717, 1.165) is 17.5 Å². The van der Waals surface area contributed by atoms with Crippen LogP contribution in [0.25, 0.3) is 10.1 Å². The van der Waals surface area contributed by atoms with Crippen LogP contribution in [0.2, 0.25) is 0 Å². The normalized spacial score (nSPS) is 19.5. The van der Waals surface area contributed by atoms with Gasteiger partial charge in [-0.25, -0.2) is 4.39 Å². The number of fused-ring (bicyclic) bond motifs is 1. The molecule has 1 aliphatic rings. The summed E-state index contributed by atoms with van der Waals surface area (Å²) in [6, 6.07) is 4.34. The molecule has 0 radical (unpaired) electrons. The van der Waals surface area contributed by atoms with E-state index in [-0.39, 0.29) is 11.7 Å². The van der Waals surface area contributed by atoms with Crippen LogP contribution in [-0.2, 0) is 0 Å². The van der Waals surface area contributed by atoms with Gasteiger partial charge in [0.15, 0.2) is 0 Å². The van der Waals surface area contributed by atoms with Crippen molar-refractivity contribution in [2.45, 2.75) is 18.9 Å². The van der Waals surface area contributed by atoms with E-state index in [1.165, 1.54) is 23.5 Å². The Hall–Kier alpha value is -1.66. The average molecular weight is 294 g/mol. The number of carbonyl (C=O) groups excluding carboxylic acids is 1. The number of carbonyl (C=O) groups is 1. The monoisotopic (exact) mass is 294 g/mol. The van der Waals surface area contributed by atoms with Crippen LogP contribution in [0.3, 0.4) is 0 Å². The van der Waals surface area contributed by atoms with E-state index in [0.29, 0.717) is 29.0 Å². The molecule has 1 saturated heterocycles. The molecule has 1 aromatic heterocycles. The van der Waals surface area contributed by atoms with E-state index in [2.05, 4.69) is 0 Å². The number of aliphatic hydroxyl groups excluding tert-OH is 1. The Labute approximate surface area is 119 Å². The molecule has 0 aliphatic carbocycles.